The second-order valence-corrected chi connectivity index (χ2v) is 12.1. The van der Waals surface area contributed by atoms with Gasteiger partial charge in [0.2, 0.25) is 0 Å². The topological polar surface area (TPSA) is 99.0 Å². The molecule has 210 valence electrons. The molecule has 0 N–H and O–H groups in total. The molecule has 1 aromatic carbocycles. The number of ether oxygens (including phenoxy) is 2. The van der Waals surface area contributed by atoms with E-state index in [-0.39, 0.29) is 17.7 Å². The highest BCUT2D eigenvalue weighted by atomic mass is 32.1. The van der Waals surface area contributed by atoms with Gasteiger partial charge in [0, 0.05) is 24.8 Å². The van der Waals surface area contributed by atoms with E-state index in [9.17, 15) is 14.9 Å². The van der Waals surface area contributed by atoms with Crippen LogP contribution in [0.25, 0.3) is 0 Å². The smallest absolute Gasteiger partial charge is 0.410 e. The molecular weight excluding hydrogens is 526 g/mol. The monoisotopic (exact) mass is 561 g/mol. The fourth-order valence-electron chi connectivity index (χ4n) is 5.76. The summed E-state index contributed by atoms with van der Waals surface area (Å²) in [5, 5.41) is 9.70. The lowest BCUT2D eigenvalue weighted by molar-refractivity contribution is -0.123. The highest BCUT2D eigenvalue weighted by molar-refractivity contribution is 7.81. The summed E-state index contributed by atoms with van der Waals surface area (Å²) < 4.78 is 10.8. The number of methoxy groups -OCH3 is 1. The first-order valence-electron chi connectivity index (χ1n) is 13.8. The van der Waals surface area contributed by atoms with E-state index in [1.807, 2.05) is 43.9 Å². The third kappa shape index (κ3) is 5.10. The second-order valence-electron chi connectivity index (χ2n) is 11.8. The van der Waals surface area contributed by atoms with Gasteiger partial charge in [-0.3, -0.25) is 9.69 Å². The Hall–Kier alpha value is -3.71. The zero-order valence-corrected chi connectivity index (χ0v) is 24.3. The van der Waals surface area contributed by atoms with Crippen LogP contribution >= 0.6 is 12.2 Å². The second kappa shape index (κ2) is 10.7. The molecule has 3 fully saturated rings. The van der Waals surface area contributed by atoms with E-state index in [1.54, 1.807) is 11.0 Å². The van der Waals surface area contributed by atoms with Crippen LogP contribution in [0.3, 0.4) is 0 Å². The Kier molecular flexibility index (Phi) is 7.44. The van der Waals surface area contributed by atoms with E-state index in [1.165, 1.54) is 23.8 Å². The summed E-state index contributed by atoms with van der Waals surface area (Å²) in [6, 6.07) is 12.0. The van der Waals surface area contributed by atoms with Crippen molar-refractivity contribution in [1.29, 1.82) is 5.26 Å². The van der Waals surface area contributed by atoms with Crippen LogP contribution in [0.4, 0.5) is 16.2 Å². The van der Waals surface area contributed by atoms with Crippen LogP contribution in [-0.4, -0.2) is 58.3 Å². The van der Waals surface area contributed by atoms with E-state index in [0.717, 1.165) is 44.2 Å². The van der Waals surface area contributed by atoms with E-state index in [0.29, 0.717) is 35.6 Å². The molecule has 2 saturated heterocycles. The minimum atomic E-state index is -0.700. The third-order valence-corrected chi connectivity index (χ3v) is 8.37. The Morgan fingerprint density at radius 1 is 1.18 bits per heavy atom. The summed E-state index contributed by atoms with van der Waals surface area (Å²) in [4.78, 5) is 35.7. The fourth-order valence-corrected chi connectivity index (χ4v) is 6.23. The summed E-state index contributed by atoms with van der Waals surface area (Å²) >= 11 is 5.88. The van der Waals surface area contributed by atoms with Gasteiger partial charge in [-0.2, -0.15) is 5.26 Å². The van der Waals surface area contributed by atoms with Crippen molar-refractivity contribution in [3.63, 3.8) is 0 Å². The summed E-state index contributed by atoms with van der Waals surface area (Å²) in [5.74, 6) is 0.724. The largest absolute Gasteiger partial charge is 0.494 e. The van der Waals surface area contributed by atoms with Crippen LogP contribution in [0.5, 0.6) is 5.75 Å². The van der Waals surface area contributed by atoms with Crippen LogP contribution in [-0.2, 0) is 16.0 Å². The quantitative estimate of drug-likeness (QED) is 0.459. The number of carbonyl (C=O) groups is 2. The van der Waals surface area contributed by atoms with E-state index in [2.05, 4.69) is 17.1 Å². The molecule has 10 heteroatoms. The number of likely N-dealkylation sites (tertiary alicyclic amines) is 1. The maximum atomic E-state index is 13.8. The van der Waals surface area contributed by atoms with E-state index >= 15 is 0 Å². The lowest BCUT2D eigenvalue weighted by Gasteiger charge is -2.43. The van der Waals surface area contributed by atoms with Crippen molar-refractivity contribution in [3.8, 4) is 11.8 Å². The van der Waals surface area contributed by atoms with Gasteiger partial charge in [0.15, 0.2) is 16.6 Å². The molecule has 1 aromatic heterocycles. The van der Waals surface area contributed by atoms with Crippen molar-refractivity contribution in [1.82, 2.24) is 9.88 Å². The molecule has 9 nitrogen and oxygen atoms in total. The molecule has 5 rings (SSSR count). The van der Waals surface area contributed by atoms with Crippen LogP contribution in [0, 0.1) is 17.2 Å². The molecule has 3 heterocycles. The highest BCUT2D eigenvalue weighted by Crippen LogP contribution is 2.48. The van der Waals surface area contributed by atoms with Crippen LogP contribution in [0.2, 0.25) is 0 Å². The van der Waals surface area contributed by atoms with Gasteiger partial charge in [-0.15, -0.1) is 0 Å². The van der Waals surface area contributed by atoms with Gasteiger partial charge >= 0.3 is 6.09 Å². The molecule has 40 heavy (non-hydrogen) atoms. The first-order valence-corrected chi connectivity index (χ1v) is 14.2. The van der Waals surface area contributed by atoms with Crippen molar-refractivity contribution < 1.29 is 19.1 Å². The number of hydrogen-bond donors (Lipinski definition) is 0. The first kappa shape index (κ1) is 27.8. The van der Waals surface area contributed by atoms with Gasteiger partial charge in [-0.05, 0) is 95.1 Å². The van der Waals surface area contributed by atoms with Crippen LogP contribution < -0.4 is 14.5 Å². The molecule has 1 saturated carbocycles. The summed E-state index contributed by atoms with van der Waals surface area (Å²) in [7, 11) is 1.47. The number of amides is 2. The SMILES string of the molecule is COc1cc(N2C(=O)C3(CCC3)N(c3ccc(CC4CCN(C(=O)OC(C)(C)C)CC4)cc3)C2=S)cnc1C#N. The van der Waals surface area contributed by atoms with Gasteiger partial charge in [0.25, 0.3) is 5.91 Å². The van der Waals surface area contributed by atoms with Gasteiger partial charge in [0.1, 0.15) is 17.2 Å². The Balaban J connectivity index is 1.28. The minimum absolute atomic E-state index is 0.0712. The third-order valence-electron chi connectivity index (χ3n) is 8.00. The summed E-state index contributed by atoms with van der Waals surface area (Å²) in [6.07, 6.45) is 6.47. The number of piperidine rings is 1. The number of pyridine rings is 1. The van der Waals surface area contributed by atoms with Crippen LogP contribution in [0.15, 0.2) is 36.5 Å². The van der Waals surface area contributed by atoms with Gasteiger partial charge < -0.3 is 19.3 Å². The zero-order valence-electron chi connectivity index (χ0n) is 23.5. The molecule has 2 amide bonds. The minimum Gasteiger partial charge on any atom is -0.494 e. The fraction of sp³-hybridized carbons (Fsp3) is 0.500. The predicted octanol–water partition coefficient (Wildman–Crippen LogP) is 5.21. The number of thiocarbonyl (C=S) groups is 1. The number of benzene rings is 1. The van der Waals surface area contributed by atoms with Crippen LogP contribution in [0.1, 0.15) is 64.1 Å². The maximum absolute atomic E-state index is 13.8. The average molecular weight is 562 g/mol. The number of aromatic nitrogens is 1. The molecule has 0 radical (unpaired) electrons. The Morgan fingerprint density at radius 3 is 2.40 bits per heavy atom. The lowest BCUT2D eigenvalue weighted by Crippen LogP contribution is -2.55. The predicted molar refractivity (Wildman–Crippen MR) is 155 cm³/mol. The van der Waals surface area contributed by atoms with Crippen molar-refractivity contribution in [3.05, 3.63) is 47.8 Å². The molecule has 1 aliphatic carbocycles. The number of anilines is 2. The standard InChI is InChI=1S/C30H35N5O4S/c1-29(2,3)39-28(37)33-14-10-21(11-15-33)16-20-6-8-22(9-7-20)35-27(40)34(26(36)30(35)12-5-13-30)23-17-25(38-4)24(18-31)32-19-23/h6-9,17,19,21H,5,10-16H2,1-4H3. The van der Waals surface area contributed by atoms with Gasteiger partial charge in [0.05, 0.1) is 19.0 Å². The Bertz CT molecular complexity index is 1350. The van der Waals surface area contributed by atoms with Crippen molar-refractivity contribution in [2.45, 2.75) is 70.4 Å². The molecular formula is C30H35N5O4S. The van der Waals surface area contributed by atoms with Crippen molar-refractivity contribution in [2.75, 3.05) is 30.0 Å². The van der Waals surface area contributed by atoms with E-state index < -0.39 is 11.1 Å². The molecule has 3 aliphatic rings. The van der Waals surface area contributed by atoms with Gasteiger partial charge in [-0.25, -0.2) is 9.78 Å². The van der Waals surface area contributed by atoms with Crippen molar-refractivity contribution >= 4 is 40.7 Å². The number of hydrogen-bond acceptors (Lipinski definition) is 7. The zero-order chi connectivity index (χ0) is 28.7. The normalized spacial score (nSPS) is 19.0. The first-order chi connectivity index (χ1) is 19.1. The lowest BCUT2D eigenvalue weighted by atomic mass is 9.75. The number of nitrogens with zero attached hydrogens (tertiary/aromatic N) is 5. The summed E-state index contributed by atoms with van der Waals surface area (Å²) in [5.41, 5.74) is 1.57. The molecule has 0 bridgehead atoms. The van der Waals surface area contributed by atoms with Gasteiger partial charge in [-0.1, -0.05) is 12.1 Å². The molecule has 0 atom stereocenters. The maximum Gasteiger partial charge on any atom is 0.410 e. The number of rotatable bonds is 5. The molecule has 2 aliphatic heterocycles. The number of nitriles is 1. The average Bonchev–Trinajstić information content (AvgIpc) is 3.14. The Labute approximate surface area is 240 Å². The highest BCUT2D eigenvalue weighted by Gasteiger charge is 2.59. The van der Waals surface area contributed by atoms with Crippen molar-refractivity contribution in [2.24, 2.45) is 5.92 Å². The van der Waals surface area contributed by atoms with E-state index in [4.69, 9.17) is 21.7 Å². The summed E-state index contributed by atoms with van der Waals surface area (Å²) in [6.45, 7) is 7.07. The molecule has 1 spiro atoms. The number of carbonyl (C=O) groups excluding carboxylic acids is 2. The molecule has 2 aromatic rings. The Morgan fingerprint density at radius 2 is 1.85 bits per heavy atom. The molecule has 0 unspecified atom stereocenters.